The number of nitrogens with zero attached hydrogens (tertiary/aromatic N) is 2. The van der Waals surface area contributed by atoms with Gasteiger partial charge in [0.2, 0.25) is 5.88 Å². The van der Waals surface area contributed by atoms with Crippen molar-refractivity contribution in [3.63, 3.8) is 0 Å². The molecular weight excluding hydrogens is 190 g/mol. The van der Waals surface area contributed by atoms with Gasteiger partial charge in [0.1, 0.15) is 6.07 Å². The van der Waals surface area contributed by atoms with Crippen molar-refractivity contribution in [3.05, 3.63) is 22.9 Å². The maximum absolute atomic E-state index is 12.6. The van der Waals surface area contributed by atoms with Crippen molar-refractivity contribution >= 4 is 0 Å². The normalized spacial score (nSPS) is 10.0. The molecule has 0 aliphatic carbocycles. The Morgan fingerprint density at radius 1 is 1.57 bits per heavy atom. The summed E-state index contributed by atoms with van der Waals surface area (Å²) in [7, 11) is 1.26. The highest BCUT2D eigenvalue weighted by Crippen LogP contribution is 2.31. The second kappa shape index (κ2) is 4.01. The minimum Gasteiger partial charge on any atom is -0.481 e. The van der Waals surface area contributed by atoms with Crippen LogP contribution >= 0.6 is 0 Å². The number of alkyl halides is 2. The van der Waals surface area contributed by atoms with Gasteiger partial charge < -0.3 is 4.74 Å². The van der Waals surface area contributed by atoms with Crippen LogP contribution in [0.25, 0.3) is 0 Å². The van der Waals surface area contributed by atoms with Crippen LogP contribution in [0.1, 0.15) is 23.1 Å². The molecule has 0 saturated heterocycles. The molecule has 5 heteroatoms. The smallest absolute Gasteiger partial charge is 0.269 e. The highest BCUT2D eigenvalue weighted by atomic mass is 19.3. The van der Waals surface area contributed by atoms with E-state index in [-0.39, 0.29) is 22.6 Å². The first-order chi connectivity index (χ1) is 6.61. The minimum atomic E-state index is -2.69. The first-order valence-corrected chi connectivity index (χ1v) is 3.83. The van der Waals surface area contributed by atoms with Gasteiger partial charge in [-0.2, -0.15) is 5.26 Å². The standard InChI is InChI=1S/C9H8F2N2O/c1-5-6(3-12)4-13-9(14-2)7(5)8(10)11/h4,8H,1-2H3. The Hall–Kier alpha value is -1.70. The van der Waals surface area contributed by atoms with Crippen molar-refractivity contribution < 1.29 is 13.5 Å². The topological polar surface area (TPSA) is 45.9 Å². The van der Waals surface area contributed by atoms with E-state index in [1.807, 2.05) is 0 Å². The van der Waals surface area contributed by atoms with Crippen LogP contribution < -0.4 is 4.74 Å². The summed E-state index contributed by atoms with van der Waals surface area (Å²) < 4.78 is 29.8. The van der Waals surface area contributed by atoms with Crippen molar-refractivity contribution in [1.82, 2.24) is 4.98 Å². The first kappa shape index (κ1) is 10.4. The van der Waals surface area contributed by atoms with Crippen molar-refractivity contribution in [1.29, 1.82) is 5.26 Å². The van der Waals surface area contributed by atoms with Crippen LogP contribution in [0.2, 0.25) is 0 Å². The predicted octanol–water partition coefficient (Wildman–Crippen LogP) is 2.21. The van der Waals surface area contributed by atoms with Crippen molar-refractivity contribution in [2.75, 3.05) is 7.11 Å². The summed E-state index contributed by atoms with van der Waals surface area (Å²) in [5.74, 6) is -0.128. The van der Waals surface area contributed by atoms with Gasteiger partial charge >= 0.3 is 0 Å². The van der Waals surface area contributed by atoms with Gasteiger partial charge in [-0.15, -0.1) is 0 Å². The fourth-order valence-electron chi connectivity index (χ4n) is 1.13. The third-order valence-corrected chi connectivity index (χ3v) is 1.88. The maximum atomic E-state index is 12.6. The first-order valence-electron chi connectivity index (χ1n) is 3.83. The third kappa shape index (κ3) is 1.64. The molecule has 1 heterocycles. The summed E-state index contributed by atoms with van der Waals surface area (Å²) in [4.78, 5) is 3.63. The SMILES string of the molecule is COc1ncc(C#N)c(C)c1C(F)F. The molecule has 0 N–H and O–H groups in total. The van der Waals surface area contributed by atoms with Gasteiger partial charge in [-0.3, -0.25) is 0 Å². The Bertz CT molecular complexity index is 385. The maximum Gasteiger partial charge on any atom is 0.269 e. The molecule has 0 aliphatic heterocycles. The molecular formula is C9H8F2N2O. The van der Waals surface area contributed by atoms with E-state index in [1.165, 1.54) is 20.2 Å². The number of pyridine rings is 1. The lowest BCUT2D eigenvalue weighted by Gasteiger charge is -2.09. The monoisotopic (exact) mass is 198 g/mol. The number of hydrogen-bond donors (Lipinski definition) is 0. The molecule has 1 rings (SSSR count). The van der Waals surface area contributed by atoms with Gasteiger partial charge in [0.05, 0.1) is 18.2 Å². The molecule has 0 spiro atoms. The molecule has 3 nitrogen and oxygen atoms in total. The van der Waals surface area contributed by atoms with E-state index < -0.39 is 6.43 Å². The Morgan fingerprint density at radius 3 is 2.64 bits per heavy atom. The zero-order valence-electron chi connectivity index (χ0n) is 7.71. The lowest BCUT2D eigenvalue weighted by atomic mass is 10.1. The highest BCUT2D eigenvalue weighted by Gasteiger charge is 2.20. The summed E-state index contributed by atoms with van der Waals surface area (Å²) in [5.41, 5.74) is 0.0435. The molecule has 0 radical (unpaired) electrons. The average molecular weight is 198 g/mol. The van der Waals surface area contributed by atoms with E-state index >= 15 is 0 Å². The molecule has 0 amide bonds. The average Bonchev–Trinajstić information content (AvgIpc) is 2.16. The minimum absolute atomic E-state index is 0.128. The van der Waals surface area contributed by atoms with Gasteiger partial charge in [0, 0.05) is 6.20 Å². The molecule has 1 aromatic rings. The number of hydrogen-bond acceptors (Lipinski definition) is 3. The number of aromatic nitrogens is 1. The fraction of sp³-hybridized carbons (Fsp3) is 0.333. The van der Waals surface area contributed by atoms with Crippen LogP contribution in [-0.2, 0) is 0 Å². The van der Waals surface area contributed by atoms with Crippen LogP contribution in [0.4, 0.5) is 8.78 Å². The molecule has 0 fully saturated rings. The van der Waals surface area contributed by atoms with Gasteiger partial charge in [-0.25, -0.2) is 13.8 Å². The molecule has 0 unspecified atom stereocenters. The van der Waals surface area contributed by atoms with Crippen molar-refractivity contribution in [2.45, 2.75) is 13.3 Å². The lowest BCUT2D eigenvalue weighted by Crippen LogP contribution is -2.00. The van der Waals surface area contributed by atoms with E-state index in [9.17, 15) is 8.78 Å². The summed E-state index contributed by atoms with van der Waals surface area (Å²) >= 11 is 0. The van der Waals surface area contributed by atoms with E-state index in [0.29, 0.717) is 0 Å². The molecule has 0 saturated carbocycles. The van der Waals surface area contributed by atoms with Crippen LogP contribution in [0.3, 0.4) is 0 Å². The Kier molecular flexibility index (Phi) is 2.97. The van der Waals surface area contributed by atoms with Gasteiger partial charge in [-0.1, -0.05) is 0 Å². The van der Waals surface area contributed by atoms with E-state index in [1.54, 1.807) is 6.07 Å². The number of ether oxygens (including phenoxy) is 1. The molecule has 0 atom stereocenters. The number of nitriles is 1. The third-order valence-electron chi connectivity index (χ3n) is 1.88. The zero-order chi connectivity index (χ0) is 10.7. The van der Waals surface area contributed by atoms with E-state index in [0.717, 1.165) is 0 Å². The summed E-state index contributed by atoms with van der Waals surface area (Å²) in [6, 6.07) is 1.79. The van der Waals surface area contributed by atoms with Crippen LogP contribution in [0.15, 0.2) is 6.20 Å². The van der Waals surface area contributed by atoms with Gasteiger partial charge in [0.15, 0.2) is 0 Å². The van der Waals surface area contributed by atoms with Crippen LogP contribution in [-0.4, -0.2) is 12.1 Å². The van der Waals surface area contributed by atoms with Gasteiger partial charge in [0.25, 0.3) is 6.43 Å². The van der Waals surface area contributed by atoms with Crippen molar-refractivity contribution in [3.8, 4) is 11.9 Å². The van der Waals surface area contributed by atoms with E-state index in [2.05, 4.69) is 9.72 Å². The Labute approximate surface area is 79.9 Å². The second-order valence-electron chi connectivity index (χ2n) is 2.63. The summed E-state index contributed by atoms with van der Waals surface area (Å²) in [5, 5.41) is 8.61. The number of methoxy groups -OCH3 is 1. The quantitative estimate of drug-likeness (QED) is 0.731. The predicted molar refractivity (Wildman–Crippen MR) is 45.2 cm³/mol. The Balaban J connectivity index is 3.41. The van der Waals surface area contributed by atoms with Crippen LogP contribution in [0.5, 0.6) is 5.88 Å². The van der Waals surface area contributed by atoms with Crippen LogP contribution in [0, 0.1) is 18.3 Å². The largest absolute Gasteiger partial charge is 0.481 e. The number of rotatable bonds is 2. The molecule has 0 aromatic carbocycles. The summed E-state index contributed by atoms with van der Waals surface area (Å²) in [6.07, 6.45) is -1.47. The summed E-state index contributed by atoms with van der Waals surface area (Å²) in [6.45, 7) is 1.45. The Morgan fingerprint density at radius 2 is 2.21 bits per heavy atom. The zero-order valence-corrected chi connectivity index (χ0v) is 7.71. The molecule has 0 aliphatic rings. The highest BCUT2D eigenvalue weighted by molar-refractivity contribution is 5.45. The van der Waals surface area contributed by atoms with Crippen molar-refractivity contribution in [2.24, 2.45) is 0 Å². The van der Waals surface area contributed by atoms with E-state index in [4.69, 9.17) is 5.26 Å². The number of halogens is 2. The molecule has 1 aromatic heterocycles. The lowest BCUT2D eigenvalue weighted by molar-refractivity contribution is 0.145. The van der Waals surface area contributed by atoms with Gasteiger partial charge in [-0.05, 0) is 12.5 Å². The second-order valence-corrected chi connectivity index (χ2v) is 2.63. The molecule has 0 bridgehead atoms. The molecule has 74 valence electrons. The fourth-order valence-corrected chi connectivity index (χ4v) is 1.13. The molecule has 14 heavy (non-hydrogen) atoms.